The molecule has 4 rings (SSSR count). The molecular weight excluding hydrogens is 417 g/mol. The van der Waals surface area contributed by atoms with E-state index in [4.69, 9.17) is 0 Å². The first kappa shape index (κ1) is 22.0. The van der Waals surface area contributed by atoms with Crippen molar-refractivity contribution in [1.29, 1.82) is 0 Å². The predicted octanol–water partition coefficient (Wildman–Crippen LogP) is 5.19. The number of hydrogen-bond donors (Lipinski definition) is 1. The van der Waals surface area contributed by atoms with Crippen LogP contribution in [0.3, 0.4) is 0 Å². The second kappa shape index (κ2) is 8.07. The Balaban J connectivity index is 1.52. The average Bonchev–Trinajstić information content (AvgIpc) is 3.67. The fraction of sp³-hybridized carbons (Fsp3) is 0.375. The van der Waals surface area contributed by atoms with Gasteiger partial charge in [-0.2, -0.15) is 18.3 Å². The Bertz CT molecular complexity index is 1100. The lowest BCUT2D eigenvalue weighted by molar-refractivity contribution is -0.0912. The molecule has 0 spiro atoms. The van der Waals surface area contributed by atoms with Gasteiger partial charge >= 0.3 is 6.18 Å². The van der Waals surface area contributed by atoms with Crippen molar-refractivity contribution in [3.63, 3.8) is 0 Å². The van der Waals surface area contributed by atoms with Gasteiger partial charge in [0.1, 0.15) is 5.69 Å². The standard InChI is InChI=1S/C24H25F3N4O/c1-4-5-17(12-15(2)24(25,26)27)19-9-8-18(14-28-19)23(10-11-23)29-22(32)21-13-20(16-6-7-16)30-31(21)3/h4-5,8-9,12-14,16H,1,6-7,10-11H2,2-3H3,(H,29,32)/b15-12+,17-5+. The fourth-order valence-electron chi connectivity index (χ4n) is 3.67. The van der Waals surface area contributed by atoms with Crippen LogP contribution < -0.4 is 5.32 Å². The Kier molecular flexibility index (Phi) is 5.56. The summed E-state index contributed by atoms with van der Waals surface area (Å²) in [7, 11) is 1.76. The van der Waals surface area contributed by atoms with Gasteiger partial charge in [-0.15, -0.1) is 0 Å². The van der Waals surface area contributed by atoms with Crippen LogP contribution in [-0.4, -0.2) is 26.8 Å². The first-order valence-electron chi connectivity index (χ1n) is 10.5. The lowest BCUT2D eigenvalue weighted by Gasteiger charge is -2.18. The third kappa shape index (κ3) is 4.54. The zero-order chi connectivity index (χ0) is 23.1. The normalized spacial score (nSPS) is 18.4. The summed E-state index contributed by atoms with van der Waals surface area (Å²) in [6, 6.07) is 5.33. The number of amides is 1. The molecule has 2 aromatic heterocycles. The number of aromatic nitrogens is 3. The van der Waals surface area contributed by atoms with E-state index >= 15 is 0 Å². The Morgan fingerprint density at radius 2 is 2.03 bits per heavy atom. The van der Waals surface area contributed by atoms with Gasteiger partial charge in [0.05, 0.1) is 16.9 Å². The molecule has 2 aromatic rings. The summed E-state index contributed by atoms with van der Waals surface area (Å²) in [6.45, 7) is 4.60. The monoisotopic (exact) mass is 442 g/mol. The molecule has 0 radical (unpaired) electrons. The number of rotatable bonds is 7. The molecule has 0 atom stereocenters. The number of pyridine rings is 1. The highest BCUT2D eigenvalue weighted by Crippen LogP contribution is 2.46. The second-order valence-electron chi connectivity index (χ2n) is 8.50. The molecule has 168 valence electrons. The van der Waals surface area contributed by atoms with Crippen LogP contribution in [0.2, 0.25) is 0 Å². The number of halogens is 3. The van der Waals surface area contributed by atoms with Crippen molar-refractivity contribution < 1.29 is 18.0 Å². The topological polar surface area (TPSA) is 59.8 Å². The van der Waals surface area contributed by atoms with Crippen molar-refractivity contribution in [3.05, 3.63) is 77.4 Å². The van der Waals surface area contributed by atoms with Crippen LogP contribution in [-0.2, 0) is 12.6 Å². The van der Waals surface area contributed by atoms with Crippen LogP contribution in [0.25, 0.3) is 5.57 Å². The molecule has 2 fully saturated rings. The Hall–Kier alpha value is -3.16. The smallest absolute Gasteiger partial charge is 0.341 e. The zero-order valence-corrected chi connectivity index (χ0v) is 18.0. The molecule has 1 N–H and O–H groups in total. The van der Waals surface area contributed by atoms with Gasteiger partial charge in [-0.05, 0) is 56.4 Å². The minimum Gasteiger partial charge on any atom is -0.341 e. The molecule has 0 aliphatic heterocycles. The van der Waals surface area contributed by atoms with E-state index < -0.39 is 17.3 Å². The Morgan fingerprint density at radius 1 is 1.31 bits per heavy atom. The summed E-state index contributed by atoms with van der Waals surface area (Å²) in [5.74, 6) is 0.270. The molecule has 2 aliphatic rings. The average molecular weight is 442 g/mol. The largest absolute Gasteiger partial charge is 0.412 e. The number of nitrogens with zero attached hydrogens (tertiary/aromatic N) is 3. The lowest BCUT2D eigenvalue weighted by Crippen LogP contribution is -2.36. The number of nitrogens with one attached hydrogen (secondary N) is 1. The zero-order valence-electron chi connectivity index (χ0n) is 18.0. The molecular formula is C24H25F3N4O. The molecule has 0 saturated heterocycles. The van der Waals surface area contributed by atoms with Crippen molar-refractivity contribution in [2.75, 3.05) is 0 Å². The number of aryl methyl sites for hydroxylation is 1. The SMILES string of the molecule is C=C/C=C(\C=C(/C)C(F)(F)F)c1ccc(C2(NC(=O)c3cc(C4CC4)nn3C)CC2)cn1. The number of allylic oxidation sites excluding steroid dienone is 5. The highest BCUT2D eigenvalue weighted by Gasteiger charge is 2.46. The first-order chi connectivity index (χ1) is 15.1. The van der Waals surface area contributed by atoms with Crippen LogP contribution in [0, 0.1) is 0 Å². The van der Waals surface area contributed by atoms with E-state index in [0.29, 0.717) is 22.9 Å². The van der Waals surface area contributed by atoms with Gasteiger partial charge in [0, 0.05) is 30.3 Å². The van der Waals surface area contributed by atoms with Crippen LogP contribution in [0.1, 0.15) is 66.0 Å². The van der Waals surface area contributed by atoms with Crippen LogP contribution in [0.15, 0.2) is 54.8 Å². The van der Waals surface area contributed by atoms with Crippen molar-refractivity contribution in [3.8, 4) is 0 Å². The van der Waals surface area contributed by atoms with Crippen LogP contribution in [0.5, 0.6) is 0 Å². The van der Waals surface area contributed by atoms with E-state index in [2.05, 4.69) is 22.0 Å². The van der Waals surface area contributed by atoms with Crippen molar-refractivity contribution >= 4 is 11.5 Å². The van der Waals surface area contributed by atoms with E-state index in [1.165, 1.54) is 12.2 Å². The molecule has 0 aromatic carbocycles. The van der Waals surface area contributed by atoms with Crippen molar-refractivity contribution in [1.82, 2.24) is 20.1 Å². The summed E-state index contributed by atoms with van der Waals surface area (Å²) >= 11 is 0. The van der Waals surface area contributed by atoms with Gasteiger partial charge in [-0.1, -0.05) is 24.8 Å². The summed E-state index contributed by atoms with van der Waals surface area (Å²) < 4.78 is 40.4. The van der Waals surface area contributed by atoms with Crippen molar-refractivity contribution in [2.45, 2.75) is 50.2 Å². The molecule has 32 heavy (non-hydrogen) atoms. The van der Waals surface area contributed by atoms with E-state index in [-0.39, 0.29) is 5.91 Å². The molecule has 2 aliphatic carbocycles. The fourth-order valence-corrected chi connectivity index (χ4v) is 3.67. The molecule has 2 heterocycles. The molecule has 0 unspecified atom stereocenters. The number of carbonyl (C=O) groups is 1. The van der Waals surface area contributed by atoms with Gasteiger partial charge in [-0.3, -0.25) is 14.5 Å². The third-order valence-electron chi connectivity index (χ3n) is 5.96. The summed E-state index contributed by atoms with van der Waals surface area (Å²) in [5.41, 5.74) is 1.80. The minimum absolute atomic E-state index is 0.190. The third-order valence-corrected chi connectivity index (χ3v) is 5.96. The quantitative estimate of drug-likeness (QED) is 0.601. The van der Waals surface area contributed by atoms with Crippen LogP contribution >= 0.6 is 0 Å². The molecule has 2 saturated carbocycles. The second-order valence-corrected chi connectivity index (χ2v) is 8.50. The Morgan fingerprint density at radius 3 is 2.56 bits per heavy atom. The highest BCUT2D eigenvalue weighted by molar-refractivity contribution is 5.93. The maximum absolute atomic E-state index is 12.9. The minimum atomic E-state index is -4.41. The molecule has 5 nitrogen and oxygen atoms in total. The van der Waals surface area contributed by atoms with E-state index in [1.807, 2.05) is 12.1 Å². The number of alkyl halides is 3. The Labute approximate surface area is 184 Å². The summed E-state index contributed by atoms with van der Waals surface area (Å²) in [6.07, 6.45) is 4.95. The highest BCUT2D eigenvalue weighted by atomic mass is 19.4. The molecule has 0 bridgehead atoms. The summed E-state index contributed by atoms with van der Waals surface area (Å²) in [5, 5.41) is 7.56. The lowest BCUT2D eigenvalue weighted by atomic mass is 10.0. The van der Waals surface area contributed by atoms with E-state index in [0.717, 1.165) is 49.9 Å². The van der Waals surface area contributed by atoms with Gasteiger partial charge < -0.3 is 5.32 Å². The van der Waals surface area contributed by atoms with E-state index in [9.17, 15) is 18.0 Å². The molecule has 1 amide bonds. The van der Waals surface area contributed by atoms with Gasteiger partial charge in [0.2, 0.25) is 0 Å². The number of carbonyl (C=O) groups excluding carboxylic acids is 1. The van der Waals surface area contributed by atoms with E-state index in [1.54, 1.807) is 24.0 Å². The van der Waals surface area contributed by atoms with Crippen molar-refractivity contribution in [2.24, 2.45) is 7.05 Å². The van der Waals surface area contributed by atoms with Crippen LogP contribution in [0.4, 0.5) is 13.2 Å². The predicted molar refractivity (Wildman–Crippen MR) is 116 cm³/mol. The summed E-state index contributed by atoms with van der Waals surface area (Å²) in [4.78, 5) is 17.3. The van der Waals surface area contributed by atoms with Gasteiger partial charge in [-0.25, -0.2) is 0 Å². The first-order valence-corrected chi connectivity index (χ1v) is 10.5. The number of hydrogen-bond acceptors (Lipinski definition) is 3. The molecule has 8 heteroatoms. The maximum atomic E-state index is 12.9. The van der Waals surface area contributed by atoms with Gasteiger partial charge in [0.25, 0.3) is 5.91 Å². The van der Waals surface area contributed by atoms with Gasteiger partial charge in [0.15, 0.2) is 0 Å². The maximum Gasteiger partial charge on any atom is 0.412 e.